The van der Waals surface area contributed by atoms with E-state index in [-0.39, 0.29) is 18.9 Å². The van der Waals surface area contributed by atoms with Crippen LogP contribution in [0.3, 0.4) is 0 Å². The van der Waals surface area contributed by atoms with Crippen LogP contribution in [0, 0.1) is 0 Å². The second kappa shape index (κ2) is 7.12. The van der Waals surface area contributed by atoms with Crippen LogP contribution in [0.25, 0.3) is 0 Å². The average molecular weight is 416 g/mol. The van der Waals surface area contributed by atoms with E-state index >= 15 is 0 Å². The molecule has 1 atom stereocenters. The normalized spacial score (nSPS) is 18.4. The Morgan fingerprint density at radius 3 is 2.52 bits per heavy atom. The van der Waals surface area contributed by atoms with Crippen LogP contribution in [-0.4, -0.2) is 30.8 Å². The molecule has 0 aliphatic carbocycles. The van der Waals surface area contributed by atoms with Crippen LogP contribution in [0.4, 0.5) is 5.69 Å². The summed E-state index contributed by atoms with van der Waals surface area (Å²) in [5, 5.41) is 3.53. The number of hydrogen-bond donors (Lipinski definition) is 1. The molecule has 3 aromatic carbocycles. The van der Waals surface area contributed by atoms with Gasteiger partial charge in [0.05, 0.1) is 5.56 Å². The molecule has 1 N–H and O–H groups in total. The zero-order valence-corrected chi connectivity index (χ0v) is 16.7. The highest BCUT2D eigenvalue weighted by molar-refractivity contribution is 6.01. The predicted molar refractivity (Wildman–Crippen MR) is 113 cm³/mol. The first-order valence-electron chi connectivity index (χ1n) is 10.2. The van der Waals surface area contributed by atoms with Gasteiger partial charge in [0.25, 0.3) is 5.91 Å². The largest absolute Gasteiger partial charge is 0.486 e. The lowest BCUT2D eigenvalue weighted by Gasteiger charge is -2.38. The number of ether oxygens (including phenoxy) is 4. The van der Waals surface area contributed by atoms with Crippen molar-refractivity contribution in [2.75, 3.05) is 25.3 Å². The minimum Gasteiger partial charge on any atom is -0.486 e. The van der Waals surface area contributed by atoms with Crippen molar-refractivity contribution in [3.63, 3.8) is 0 Å². The first-order chi connectivity index (χ1) is 15.3. The lowest BCUT2D eigenvalue weighted by molar-refractivity contribution is 0.0665. The molecule has 156 valence electrons. The summed E-state index contributed by atoms with van der Waals surface area (Å²) >= 11 is 0. The van der Waals surface area contributed by atoms with Crippen molar-refractivity contribution in [2.45, 2.75) is 12.7 Å². The van der Waals surface area contributed by atoms with Gasteiger partial charge in [0.1, 0.15) is 19.4 Å². The molecule has 3 aliphatic heterocycles. The molecule has 7 heteroatoms. The molecule has 0 aromatic heterocycles. The maximum atomic E-state index is 13.5. The number of nitrogens with one attached hydrogen (secondary N) is 1. The smallest absolute Gasteiger partial charge is 0.258 e. The van der Waals surface area contributed by atoms with Crippen molar-refractivity contribution < 1.29 is 23.7 Å². The molecule has 3 heterocycles. The summed E-state index contributed by atoms with van der Waals surface area (Å²) in [6.45, 7) is 1.68. The number of amides is 1. The van der Waals surface area contributed by atoms with Gasteiger partial charge in [-0.3, -0.25) is 4.79 Å². The third-order valence-corrected chi connectivity index (χ3v) is 5.69. The van der Waals surface area contributed by atoms with Gasteiger partial charge in [-0.15, -0.1) is 0 Å². The van der Waals surface area contributed by atoms with E-state index in [1.165, 1.54) is 0 Å². The Kier molecular flexibility index (Phi) is 4.12. The highest BCUT2D eigenvalue weighted by Gasteiger charge is 2.33. The number of fused-ring (bicyclic) bond motifs is 3. The molecule has 6 rings (SSSR count). The van der Waals surface area contributed by atoms with Gasteiger partial charge in [0.2, 0.25) is 6.79 Å². The monoisotopic (exact) mass is 416 g/mol. The maximum Gasteiger partial charge on any atom is 0.258 e. The number of anilines is 1. The van der Waals surface area contributed by atoms with E-state index in [1.807, 2.05) is 65.6 Å². The first-order valence-corrected chi connectivity index (χ1v) is 10.2. The fraction of sp³-hybridized carbons (Fsp3) is 0.208. The van der Waals surface area contributed by atoms with Crippen molar-refractivity contribution in [1.29, 1.82) is 0 Å². The van der Waals surface area contributed by atoms with Crippen LogP contribution >= 0.6 is 0 Å². The highest BCUT2D eigenvalue weighted by Crippen LogP contribution is 2.39. The first kappa shape index (κ1) is 17.9. The van der Waals surface area contributed by atoms with Crippen molar-refractivity contribution in [3.05, 3.63) is 77.4 Å². The Balaban J connectivity index is 1.39. The molecular weight excluding hydrogens is 396 g/mol. The molecule has 0 spiro atoms. The van der Waals surface area contributed by atoms with E-state index in [2.05, 4.69) is 5.32 Å². The summed E-state index contributed by atoms with van der Waals surface area (Å²) in [4.78, 5) is 15.3. The number of nitrogens with zero attached hydrogens (tertiary/aromatic N) is 1. The molecule has 1 amide bonds. The molecule has 1 unspecified atom stereocenters. The van der Waals surface area contributed by atoms with Gasteiger partial charge in [-0.05, 0) is 47.5 Å². The van der Waals surface area contributed by atoms with Crippen LogP contribution < -0.4 is 24.3 Å². The molecule has 3 aliphatic rings. The fourth-order valence-electron chi connectivity index (χ4n) is 4.19. The molecular formula is C24H20N2O5. The highest BCUT2D eigenvalue weighted by atomic mass is 16.7. The number of carbonyl (C=O) groups is 1. The Hall–Kier alpha value is -3.87. The van der Waals surface area contributed by atoms with Gasteiger partial charge >= 0.3 is 0 Å². The summed E-state index contributed by atoms with van der Waals surface area (Å²) in [5.74, 6) is 2.80. The Labute approximate surface area is 179 Å². The van der Waals surface area contributed by atoms with E-state index in [9.17, 15) is 4.79 Å². The second-order valence-corrected chi connectivity index (χ2v) is 7.62. The third-order valence-electron chi connectivity index (χ3n) is 5.69. The van der Waals surface area contributed by atoms with Crippen LogP contribution in [0.15, 0.2) is 60.7 Å². The summed E-state index contributed by atoms with van der Waals surface area (Å²) in [7, 11) is 0. The zero-order chi connectivity index (χ0) is 20.8. The van der Waals surface area contributed by atoms with Crippen molar-refractivity contribution in [1.82, 2.24) is 4.90 Å². The van der Waals surface area contributed by atoms with E-state index in [0.29, 0.717) is 36.8 Å². The number of hydrogen-bond acceptors (Lipinski definition) is 6. The fourth-order valence-corrected chi connectivity index (χ4v) is 4.19. The summed E-state index contributed by atoms with van der Waals surface area (Å²) < 4.78 is 22.4. The lowest BCUT2D eigenvalue weighted by atomic mass is 10.0. The number of benzene rings is 3. The summed E-state index contributed by atoms with van der Waals surface area (Å²) in [6, 6.07) is 19.2. The summed E-state index contributed by atoms with van der Waals surface area (Å²) in [5.41, 5.74) is 3.35. The lowest BCUT2D eigenvalue weighted by Crippen LogP contribution is -2.42. The molecule has 31 heavy (non-hydrogen) atoms. The summed E-state index contributed by atoms with van der Waals surface area (Å²) in [6.07, 6.45) is -0.358. The standard InChI is InChI=1S/C24H20N2O5/c27-24-17-3-1-2-4-18(17)25-23(16-6-8-19-22(12-16)29-10-9-28-19)26(24)13-15-5-7-20-21(11-15)31-14-30-20/h1-8,11-12,23,25H,9-10,13-14H2. The SMILES string of the molecule is O=C1c2ccccc2NC(c2ccc3c(c2)OCCO3)N1Cc1ccc2c(c1)OCO2. The van der Waals surface area contributed by atoms with Crippen molar-refractivity contribution in [3.8, 4) is 23.0 Å². The van der Waals surface area contributed by atoms with Gasteiger partial charge in [-0.2, -0.15) is 0 Å². The van der Waals surface area contributed by atoms with Crippen LogP contribution in [-0.2, 0) is 6.54 Å². The van der Waals surface area contributed by atoms with E-state index < -0.39 is 0 Å². The van der Waals surface area contributed by atoms with Gasteiger partial charge < -0.3 is 29.2 Å². The molecule has 0 radical (unpaired) electrons. The van der Waals surface area contributed by atoms with Gasteiger partial charge in [0.15, 0.2) is 23.0 Å². The molecule has 0 saturated heterocycles. The van der Waals surface area contributed by atoms with E-state index in [4.69, 9.17) is 18.9 Å². The van der Waals surface area contributed by atoms with Crippen molar-refractivity contribution >= 4 is 11.6 Å². The quantitative estimate of drug-likeness (QED) is 0.697. The van der Waals surface area contributed by atoms with E-state index in [0.717, 1.165) is 28.3 Å². The predicted octanol–water partition coefficient (Wildman–Crippen LogP) is 3.95. The Morgan fingerprint density at radius 2 is 1.58 bits per heavy atom. The van der Waals surface area contributed by atoms with Gasteiger partial charge in [-0.25, -0.2) is 0 Å². The van der Waals surface area contributed by atoms with Crippen LogP contribution in [0.5, 0.6) is 23.0 Å². The number of rotatable bonds is 3. The Bertz CT molecular complexity index is 1180. The third kappa shape index (κ3) is 3.09. The minimum absolute atomic E-state index is 0.0353. The molecule has 7 nitrogen and oxygen atoms in total. The zero-order valence-electron chi connectivity index (χ0n) is 16.7. The van der Waals surface area contributed by atoms with E-state index in [1.54, 1.807) is 0 Å². The van der Waals surface area contributed by atoms with Crippen LogP contribution in [0.2, 0.25) is 0 Å². The minimum atomic E-state index is -0.358. The van der Waals surface area contributed by atoms with Gasteiger partial charge in [-0.1, -0.05) is 24.3 Å². The molecule has 3 aromatic rings. The molecule has 0 bridgehead atoms. The topological polar surface area (TPSA) is 69.3 Å². The maximum absolute atomic E-state index is 13.5. The van der Waals surface area contributed by atoms with Crippen LogP contribution in [0.1, 0.15) is 27.7 Å². The van der Waals surface area contributed by atoms with Gasteiger partial charge in [0, 0.05) is 12.2 Å². The second-order valence-electron chi connectivity index (χ2n) is 7.62. The number of carbonyl (C=O) groups excluding carboxylic acids is 1. The average Bonchev–Trinajstić information content (AvgIpc) is 3.28. The number of para-hydroxylation sites is 1. The molecule has 0 saturated carbocycles. The van der Waals surface area contributed by atoms with Crippen molar-refractivity contribution in [2.24, 2.45) is 0 Å². The Morgan fingerprint density at radius 1 is 0.839 bits per heavy atom. The molecule has 0 fully saturated rings.